The van der Waals surface area contributed by atoms with Crippen molar-refractivity contribution >= 4 is 29.3 Å². The number of aromatic nitrogens is 3. The Morgan fingerprint density at radius 3 is 2.74 bits per heavy atom. The van der Waals surface area contributed by atoms with Crippen molar-refractivity contribution in [3.05, 3.63) is 72.3 Å². The van der Waals surface area contributed by atoms with E-state index >= 15 is 0 Å². The number of ether oxygens (including phenoxy) is 2. The van der Waals surface area contributed by atoms with E-state index in [0.717, 1.165) is 0 Å². The van der Waals surface area contributed by atoms with Crippen molar-refractivity contribution in [3.8, 4) is 11.5 Å². The van der Waals surface area contributed by atoms with Crippen molar-refractivity contribution in [1.82, 2.24) is 20.1 Å². The molecule has 182 valence electrons. The van der Waals surface area contributed by atoms with Crippen molar-refractivity contribution in [2.24, 2.45) is 0 Å². The summed E-state index contributed by atoms with van der Waals surface area (Å²) in [6.45, 7) is 7.77. The van der Waals surface area contributed by atoms with Crippen LogP contribution in [0.15, 0.2) is 60.3 Å². The predicted octanol–water partition coefficient (Wildman–Crippen LogP) is 3.94. The summed E-state index contributed by atoms with van der Waals surface area (Å²) < 4.78 is 26.4. The number of carbonyl (C=O) groups is 2. The number of allylic oxidation sites excluding steroid dienone is 1. The number of nitrogens with zero attached hydrogens (tertiary/aromatic N) is 3. The first-order valence-corrected chi connectivity index (χ1v) is 11.7. The minimum absolute atomic E-state index is 0.0578. The lowest BCUT2D eigenvalue weighted by atomic mass is 10.2. The summed E-state index contributed by atoms with van der Waals surface area (Å²) in [6, 6.07) is 10.4. The number of benzene rings is 2. The molecule has 0 aliphatic carbocycles. The van der Waals surface area contributed by atoms with E-state index in [4.69, 9.17) is 9.47 Å². The highest BCUT2D eigenvalue weighted by Crippen LogP contribution is 2.34. The average Bonchev–Trinajstić information content (AvgIpc) is 3.46. The van der Waals surface area contributed by atoms with Gasteiger partial charge in [0.2, 0.25) is 12.7 Å². The summed E-state index contributed by atoms with van der Waals surface area (Å²) >= 11 is 1.22. The lowest BCUT2D eigenvalue weighted by Crippen LogP contribution is -2.29. The molecule has 0 unspecified atom stereocenters. The Labute approximate surface area is 205 Å². The second-order valence-corrected chi connectivity index (χ2v) is 9.04. The molecule has 2 aromatic carbocycles. The first-order chi connectivity index (χ1) is 16.9. The molecule has 3 aromatic rings. The summed E-state index contributed by atoms with van der Waals surface area (Å²) in [5.74, 6) is 0.263. The lowest BCUT2D eigenvalue weighted by Gasteiger charge is -2.16. The molecule has 2 heterocycles. The van der Waals surface area contributed by atoms with Crippen LogP contribution in [-0.2, 0) is 11.3 Å². The van der Waals surface area contributed by atoms with Crippen LogP contribution in [-0.4, -0.2) is 38.6 Å². The summed E-state index contributed by atoms with van der Waals surface area (Å²) in [7, 11) is 0. The second kappa shape index (κ2) is 10.6. The summed E-state index contributed by atoms with van der Waals surface area (Å²) in [4.78, 5) is 25.3. The third-order valence-corrected chi connectivity index (χ3v) is 6.28. The molecule has 35 heavy (non-hydrogen) atoms. The number of hydrogen-bond donors (Lipinski definition) is 2. The van der Waals surface area contributed by atoms with Crippen molar-refractivity contribution < 1.29 is 23.5 Å². The zero-order valence-electron chi connectivity index (χ0n) is 19.2. The molecular weight excluding hydrogens is 473 g/mol. The Morgan fingerprint density at radius 1 is 1.20 bits per heavy atom. The third kappa shape index (κ3) is 5.46. The number of thioether (sulfide) groups is 1. The smallest absolute Gasteiger partial charge is 0.254 e. The standard InChI is InChI=1S/C24H24FN5O4S/c1-4-11-30-21(14(2)26-23(32)17-7-5-6-8-18(17)25)28-29-24(30)35-15(3)22(31)27-16-9-10-19-20(12-16)34-13-33-19/h4-10,12,14-15H,1,11,13H2,2-3H3,(H,26,32)(H,27,31)/t14-,15+/m0/s1. The second-order valence-electron chi connectivity index (χ2n) is 7.73. The van der Waals surface area contributed by atoms with Crippen LogP contribution in [0.3, 0.4) is 0 Å². The van der Waals surface area contributed by atoms with E-state index in [-0.39, 0.29) is 18.3 Å². The Morgan fingerprint density at radius 2 is 1.97 bits per heavy atom. The molecule has 0 fully saturated rings. The Bertz CT molecular complexity index is 1260. The quantitative estimate of drug-likeness (QED) is 0.341. The topological polar surface area (TPSA) is 107 Å². The van der Waals surface area contributed by atoms with Gasteiger partial charge < -0.3 is 24.7 Å². The molecule has 9 nitrogen and oxygen atoms in total. The normalized spacial score (nSPS) is 13.7. The maximum atomic E-state index is 14.0. The fourth-order valence-corrected chi connectivity index (χ4v) is 4.29. The van der Waals surface area contributed by atoms with Gasteiger partial charge in [-0.1, -0.05) is 30.0 Å². The molecule has 2 atom stereocenters. The van der Waals surface area contributed by atoms with E-state index in [1.807, 2.05) is 0 Å². The maximum absolute atomic E-state index is 14.0. The van der Waals surface area contributed by atoms with Crippen LogP contribution in [0.4, 0.5) is 10.1 Å². The van der Waals surface area contributed by atoms with E-state index < -0.39 is 23.0 Å². The Kier molecular flexibility index (Phi) is 7.35. The zero-order chi connectivity index (χ0) is 24.9. The van der Waals surface area contributed by atoms with Gasteiger partial charge in [0.15, 0.2) is 22.5 Å². The highest BCUT2D eigenvalue weighted by molar-refractivity contribution is 8.00. The van der Waals surface area contributed by atoms with Crippen LogP contribution >= 0.6 is 11.8 Å². The molecular formula is C24H24FN5O4S. The minimum atomic E-state index is -0.608. The molecule has 1 aliphatic rings. The monoisotopic (exact) mass is 497 g/mol. The molecule has 1 aliphatic heterocycles. The number of anilines is 1. The molecule has 2 N–H and O–H groups in total. The van der Waals surface area contributed by atoms with E-state index in [9.17, 15) is 14.0 Å². The van der Waals surface area contributed by atoms with Gasteiger partial charge in [-0.3, -0.25) is 9.59 Å². The van der Waals surface area contributed by atoms with Crippen molar-refractivity contribution in [3.63, 3.8) is 0 Å². The van der Waals surface area contributed by atoms with Gasteiger partial charge in [-0.15, -0.1) is 16.8 Å². The largest absolute Gasteiger partial charge is 0.454 e. The summed E-state index contributed by atoms with van der Waals surface area (Å²) in [5, 5.41) is 14.0. The van der Waals surface area contributed by atoms with E-state index in [2.05, 4.69) is 27.4 Å². The molecule has 0 spiro atoms. The van der Waals surface area contributed by atoms with Gasteiger partial charge in [0.25, 0.3) is 5.91 Å². The maximum Gasteiger partial charge on any atom is 0.254 e. The average molecular weight is 498 g/mol. The number of rotatable bonds is 9. The fraction of sp³-hybridized carbons (Fsp3) is 0.250. The molecule has 0 saturated heterocycles. The van der Waals surface area contributed by atoms with Gasteiger partial charge in [-0.25, -0.2) is 4.39 Å². The van der Waals surface area contributed by atoms with Gasteiger partial charge in [-0.05, 0) is 38.1 Å². The first-order valence-electron chi connectivity index (χ1n) is 10.8. The molecule has 4 rings (SSSR count). The van der Waals surface area contributed by atoms with E-state index in [1.165, 1.54) is 30.0 Å². The highest BCUT2D eigenvalue weighted by Gasteiger charge is 2.24. The van der Waals surface area contributed by atoms with Crippen LogP contribution in [0, 0.1) is 5.82 Å². The van der Waals surface area contributed by atoms with Gasteiger partial charge in [-0.2, -0.15) is 0 Å². The van der Waals surface area contributed by atoms with Gasteiger partial charge in [0.05, 0.1) is 16.9 Å². The molecule has 2 amide bonds. The predicted molar refractivity (Wildman–Crippen MR) is 129 cm³/mol. The Hall–Kier alpha value is -3.86. The molecule has 11 heteroatoms. The molecule has 0 saturated carbocycles. The molecule has 1 aromatic heterocycles. The van der Waals surface area contributed by atoms with Gasteiger partial charge in [0, 0.05) is 18.3 Å². The SMILES string of the molecule is C=CCn1c(S[C@H](C)C(=O)Nc2ccc3c(c2)OCO3)nnc1[C@H](C)NC(=O)c1ccccc1F. The number of nitrogens with one attached hydrogen (secondary N) is 2. The van der Waals surface area contributed by atoms with E-state index in [0.29, 0.717) is 34.7 Å². The van der Waals surface area contributed by atoms with Crippen LogP contribution in [0.2, 0.25) is 0 Å². The van der Waals surface area contributed by atoms with Crippen LogP contribution in [0.1, 0.15) is 36.1 Å². The fourth-order valence-electron chi connectivity index (χ4n) is 3.42. The summed E-state index contributed by atoms with van der Waals surface area (Å²) in [5.41, 5.74) is 0.530. The zero-order valence-corrected chi connectivity index (χ0v) is 20.0. The number of hydrogen-bond acceptors (Lipinski definition) is 7. The number of fused-ring (bicyclic) bond motifs is 1. The first kappa shape index (κ1) is 24.3. The van der Waals surface area contributed by atoms with Crippen molar-refractivity contribution in [1.29, 1.82) is 0 Å². The highest BCUT2D eigenvalue weighted by atomic mass is 32.2. The number of halogens is 1. The van der Waals surface area contributed by atoms with Crippen LogP contribution in [0.5, 0.6) is 11.5 Å². The number of amides is 2. The Balaban J connectivity index is 1.44. The van der Waals surface area contributed by atoms with E-state index in [1.54, 1.807) is 48.8 Å². The minimum Gasteiger partial charge on any atom is -0.454 e. The van der Waals surface area contributed by atoms with Crippen molar-refractivity contribution in [2.75, 3.05) is 12.1 Å². The van der Waals surface area contributed by atoms with Crippen LogP contribution < -0.4 is 20.1 Å². The third-order valence-electron chi connectivity index (χ3n) is 5.20. The molecule has 0 bridgehead atoms. The van der Waals surface area contributed by atoms with Crippen molar-refractivity contribution in [2.45, 2.75) is 36.8 Å². The van der Waals surface area contributed by atoms with Crippen LogP contribution in [0.25, 0.3) is 0 Å². The summed E-state index contributed by atoms with van der Waals surface area (Å²) in [6.07, 6.45) is 1.67. The molecule has 0 radical (unpaired) electrons. The van der Waals surface area contributed by atoms with Gasteiger partial charge in [0.1, 0.15) is 5.82 Å². The number of carbonyl (C=O) groups excluding carboxylic acids is 2. The van der Waals surface area contributed by atoms with Gasteiger partial charge >= 0.3 is 0 Å². The lowest BCUT2D eigenvalue weighted by molar-refractivity contribution is -0.115.